The highest BCUT2D eigenvalue weighted by Gasteiger charge is 2.30. The molecule has 16 heteroatoms. The molecule has 3 N–H and O–H groups in total. The lowest BCUT2D eigenvalue weighted by molar-refractivity contribution is 0.141. The number of rotatable bonds is 7. The zero-order valence-electron chi connectivity index (χ0n) is 16.6. The number of aromatic amines is 1. The highest BCUT2D eigenvalue weighted by molar-refractivity contribution is 7.89. The molecule has 4 rings (SSSR count). The van der Waals surface area contributed by atoms with Gasteiger partial charge in [0.2, 0.25) is 15.9 Å². The van der Waals surface area contributed by atoms with E-state index in [-0.39, 0.29) is 33.4 Å². The Morgan fingerprint density at radius 2 is 1.85 bits per heavy atom. The third-order valence-electron chi connectivity index (χ3n) is 4.50. The van der Waals surface area contributed by atoms with Gasteiger partial charge in [-0.3, -0.25) is 9.78 Å². The van der Waals surface area contributed by atoms with E-state index in [1.54, 1.807) is 4.98 Å². The normalized spacial score (nSPS) is 13.9. The smallest absolute Gasteiger partial charge is 0.349 e. The third kappa shape index (κ3) is 4.89. The van der Waals surface area contributed by atoms with E-state index in [0.717, 1.165) is 24.4 Å². The highest BCUT2D eigenvalue weighted by atomic mass is 35.5. The van der Waals surface area contributed by atoms with Crippen molar-refractivity contribution in [3.63, 3.8) is 0 Å². The maximum Gasteiger partial charge on any atom is 0.349 e. The molecule has 1 aliphatic carbocycles. The van der Waals surface area contributed by atoms with Crippen molar-refractivity contribution >= 4 is 33.2 Å². The fourth-order valence-corrected chi connectivity index (χ4v) is 4.71. The molecule has 1 saturated carbocycles. The molecule has 1 aromatic carbocycles. The number of nitrogens with one attached hydrogen (secondary N) is 2. The zero-order chi connectivity index (χ0) is 24.8. The van der Waals surface area contributed by atoms with Crippen molar-refractivity contribution in [3.8, 4) is 23.1 Å². The van der Waals surface area contributed by atoms with Crippen molar-refractivity contribution in [3.05, 3.63) is 61.0 Å². The van der Waals surface area contributed by atoms with E-state index in [1.165, 1.54) is 0 Å². The van der Waals surface area contributed by atoms with E-state index >= 15 is 0 Å². The quantitative estimate of drug-likeness (QED) is 0.416. The molecule has 0 unspecified atom stereocenters. The minimum absolute atomic E-state index is 0.166. The van der Waals surface area contributed by atoms with Crippen molar-refractivity contribution in [1.82, 2.24) is 24.5 Å². The summed E-state index contributed by atoms with van der Waals surface area (Å²) < 4.78 is 59.3. The Kier molecular flexibility index (Phi) is 6.33. The van der Waals surface area contributed by atoms with Gasteiger partial charge in [-0.15, -0.1) is 0 Å². The molecule has 0 amide bonds. The lowest BCUT2D eigenvalue weighted by Crippen LogP contribution is -2.34. The van der Waals surface area contributed by atoms with Gasteiger partial charge in [0.05, 0.1) is 21.9 Å². The van der Waals surface area contributed by atoms with E-state index < -0.39 is 44.0 Å². The van der Waals surface area contributed by atoms with Gasteiger partial charge < -0.3 is 9.84 Å². The minimum atomic E-state index is -4.05. The summed E-state index contributed by atoms with van der Waals surface area (Å²) in [6.07, 6.45) is -1.02. The number of alkyl halides is 2. The number of aromatic hydroxyl groups is 1. The first-order valence-corrected chi connectivity index (χ1v) is 11.6. The van der Waals surface area contributed by atoms with Crippen LogP contribution < -0.4 is 20.7 Å². The molecule has 0 radical (unpaired) electrons. The summed E-state index contributed by atoms with van der Waals surface area (Å²) in [5.41, 5.74) is -3.81. The molecule has 2 heterocycles. The number of H-pyrrole nitrogens is 1. The average Bonchev–Trinajstić information content (AvgIpc) is 3.54. The summed E-state index contributed by atoms with van der Waals surface area (Å²) >= 11 is 12.4. The number of aromatic nitrogens is 4. The molecule has 1 aliphatic rings. The van der Waals surface area contributed by atoms with Crippen LogP contribution in [0.25, 0.3) is 5.69 Å². The van der Waals surface area contributed by atoms with Crippen LogP contribution in [0.15, 0.2) is 38.9 Å². The largest absolute Gasteiger partial charge is 0.505 e. The van der Waals surface area contributed by atoms with Crippen molar-refractivity contribution < 1.29 is 27.0 Å². The Labute approximate surface area is 199 Å². The Balaban J connectivity index is 1.69. The Bertz CT molecular complexity index is 1480. The van der Waals surface area contributed by atoms with Gasteiger partial charge in [0.25, 0.3) is 12.0 Å². The van der Waals surface area contributed by atoms with Crippen LogP contribution in [0.4, 0.5) is 8.78 Å². The predicted octanol–water partition coefficient (Wildman–Crippen LogP) is 2.50. The van der Waals surface area contributed by atoms with Crippen molar-refractivity contribution in [2.45, 2.75) is 30.2 Å². The van der Waals surface area contributed by atoms with Crippen LogP contribution in [0, 0.1) is 0 Å². The lowest BCUT2D eigenvalue weighted by Gasteiger charge is -2.13. The van der Waals surface area contributed by atoms with Crippen LogP contribution in [0.5, 0.6) is 17.4 Å². The van der Waals surface area contributed by atoms with Crippen LogP contribution >= 0.6 is 23.2 Å². The molecule has 1 fully saturated rings. The van der Waals surface area contributed by atoms with Crippen molar-refractivity contribution in [2.24, 2.45) is 0 Å². The average molecular weight is 536 g/mol. The summed E-state index contributed by atoms with van der Waals surface area (Å²) in [4.78, 5) is 28.6. The molecule has 0 bridgehead atoms. The number of ether oxygens (including phenoxy) is 1. The first-order valence-electron chi connectivity index (χ1n) is 9.36. The Morgan fingerprint density at radius 3 is 2.44 bits per heavy atom. The summed E-state index contributed by atoms with van der Waals surface area (Å²) in [7, 11) is -4.05. The summed E-state index contributed by atoms with van der Waals surface area (Å²) in [5.74, 6) is -1.11. The second-order valence-corrected chi connectivity index (χ2v) is 9.58. The molecule has 34 heavy (non-hydrogen) atoms. The Hall–Kier alpha value is -3.07. The van der Waals surface area contributed by atoms with E-state index in [0.29, 0.717) is 17.5 Å². The number of nitrogens with zero attached hydrogens (tertiary/aromatic N) is 3. The first kappa shape index (κ1) is 24.1. The van der Waals surface area contributed by atoms with Crippen molar-refractivity contribution in [2.75, 3.05) is 0 Å². The van der Waals surface area contributed by atoms with Crippen LogP contribution in [-0.2, 0) is 10.0 Å². The first-order chi connectivity index (χ1) is 16.0. The summed E-state index contributed by atoms with van der Waals surface area (Å²) in [6, 6.07) is 2.94. The summed E-state index contributed by atoms with van der Waals surface area (Å²) in [5, 5.41) is 12.8. The summed E-state index contributed by atoms with van der Waals surface area (Å²) in [6.45, 7) is 0. The van der Waals surface area contributed by atoms with Crippen LogP contribution in [-0.4, -0.2) is 39.3 Å². The van der Waals surface area contributed by atoms with E-state index in [4.69, 9.17) is 27.9 Å². The van der Waals surface area contributed by atoms with Crippen molar-refractivity contribution in [1.29, 1.82) is 0 Å². The second kappa shape index (κ2) is 8.94. The maximum absolute atomic E-state index is 13.0. The second-order valence-electron chi connectivity index (χ2n) is 7.08. The number of pyridine rings is 1. The van der Waals surface area contributed by atoms with Crippen LogP contribution in [0.3, 0.4) is 0 Å². The number of hydrogen-bond donors (Lipinski definition) is 3. The standard InChI is InChI=1S/C18H13Cl2F2N5O6S/c19-9-3-8(27-18(30)24-17(29)14(25-27)16(21)22)4-10(20)15(9)33-13-5-12(11(28)6-23-13)34(31,32)26-7-1-2-7/h3-7,16,26,28H,1-2H2,(H,24,29,30). The highest BCUT2D eigenvalue weighted by Crippen LogP contribution is 2.38. The number of hydrogen-bond acceptors (Lipinski definition) is 8. The van der Waals surface area contributed by atoms with Gasteiger partial charge >= 0.3 is 5.69 Å². The molecule has 0 atom stereocenters. The SMILES string of the molecule is O=c1[nH]c(=O)n(-c2cc(Cl)c(Oc3cc(S(=O)(=O)NC4CC4)c(O)cn3)c(Cl)c2)nc1C(F)F. The fraction of sp³-hybridized carbons (Fsp3) is 0.222. The lowest BCUT2D eigenvalue weighted by atomic mass is 10.3. The minimum Gasteiger partial charge on any atom is -0.505 e. The third-order valence-corrected chi connectivity index (χ3v) is 6.62. The molecular formula is C18H13Cl2F2N5O6S. The van der Waals surface area contributed by atoms with E-state index in [2.05, 4.69) is 14.8 Å². The number of halogens is 4. The molecule has 3 aromatic rings. The Morgan fingerprint density at radius 1 is 1.21 bits per heavy atom. The van der Waals surface area contributed by atoms with E-state index in [1.807, 2.05) is 0 Å². The van der Waals surface area contributed by atoms with Gasteiger partial charge in [-0.05, 0) is 25.0 Å². The van der Waals surface area contributed by atoms with Gasteiger partial charge in [-0.2, -0.15) is 9.78 Å². The van der Waals surface area contributed by atoms with Gasteiger partial charge in [-0.25, -0.2) is 31.7 Å². The maximum atomic E-state index is 13.0. The van der Waals surface area contributed by atoms with Gasteiger partial charge in [0, 0.05) is 12.1 Å². The topological polar surface area (TPSA) is 156 Å². The monoisotopic (exact) mass is 535 g/mol. The number of sulfonamides is 1. The van der Waals surface area contributed by atoms with Crippen LogP contribution in [0.2, 0.25) is 10.0 Å². The molecule has 180 valence electrons. The predicted molar refractivity (Wildman–Crippen MR) is 115 cm³/mol. The molecule has 2 aromatic heterocycles. The van der Waals surface area contributed by atoms with E-state index in [9.17, 15) is 31.9 Å². The van der Waals surface area contributed by atoms with Gasteiger partial charge in [-0.1, -0.05) is 23.2 Å². The molecule has 0 spiro atoms. The molecule has 0 aliphatic heterocycles. The van der Waals surface area contributed by atoms with Gasteiger partial charge in [0.15, 0.2) is 17.2 Å². The van der Waals surface area contributed by atoms with Crippen LogP contribution in [0.1, 0.15) is 25.0 Å². The molecule has 0 saturated heterocycles. The molecule has 11 nitrogen and oxygen atoms in total. The zero-order valence-corrected chi connectivity index (χ0v) is 19.0. The number of benzene rings is 1. The van der Waals surface area contributed by atoms with Gasteiger partial charge in [0.1, 0.15) is 4.90 Å². The fourth-order valence-electron chi connectivity index (χ4n) is 2.77. The molecular weight excluding hydrogens is 523 g/mol.